The van der Waals surface area contributed by atoms with Crippen LogP contribution in [0.5, 0.6) is 0 Å². The molecule has 0 aromatic rings. The molecule has 25 heavy (non-hydrogen) atoms. The molecule has 0 aromatic heterocycles. The minimum absolute atomic E-state index is 0.312. The van der Waals surface area contributed by atoms with Gasteiger partial charge in [0.2, 0.25) is 0 Å². The molecule has 11 nitrogen and oxygen atoms in total. The zero-order chi connectivity index (χ0) is 20.5. The molecule has 152 valence electrons. The third kappa shape index (κ3) is 13.8. The van der Waals surface area contributed by atoms with E-state index in [4.69, 9.17) is 46.0 Å². The Morgan fingerprint density at radius 3 is 0.800 bits per heavy atom. The first-order valence-corrected chi connectivity index (χ1v) is 7.20. The van der Waals surface area contributed by atoms with E-state index in [1.54, 1.807) is 0 Å². The number of carboxylic acids is 1. The van der Waals surface area contributed by atoms with Crippen LogP contribution in [0.25, 0.3) is 0 Å². The van der Waals surface area contributed by atoms with E-state index in [0.29, 0.717) is 0 Å². The van der Waals surface area contributed by atoms with Gasteiger partial charge in [0.25, 0.3) is 0 Å². The van der Waals surface area contributed by atoms with Gasteiger partial charge in [-0.15, -0.1) is 0 Å². The zero-order valence-corrected chi connectivity index (χ0v) is 14.2. The summed E-state index contributed by atoms with van der Waals surface area (Å²) < 4.78 is 0. The standard InChI is InChI=1S/2C5H12O4.C4H6O3/c2*6-1-5(2-7,3-8)4-9;1-3(5)2-4(6)7/h2*6-9H,1-4H2;2H2,1H3,(H,6,7). The van der Waals surface area contributed by atoms with Crippen LogP contribution in [-0.4, -0.2) is 111 Å². The summed E-state index contributed by atoms with van der Waals surface area (Å²) in [7, 11) is 0. The molecule has 9 N–H and O–H groups in total. The van der Waals surface area contributed by atoms with Crippen LogP contribution in [-0.2, 0) is 9.59 Å². The molecule has 0 rings (SSSR count). The second-order valence-corrected chi connectivity index (χ2v) is 5.54. The molecule has 0 atom stereocenters. The van der Waals surface area contributed by atoms with Gasteiger partial charge in [0.1, 0.15) is 12.2 Å². The Labute approximate surface area is 145 Å². The Morgan fingerprint density at radius 1 is 0.600 bits per heavy atom. The average molecular weight is 374 g/mol. The summed E-state index contributed by atoms with van der Waals surface area (Å²) in [6.07, 6.45) is -0.361. The lowest BCUT2D eigenvalue weighted by Gasteiger charge is -2.23. The number of carboxylic acid groups (broad SMARTS) is 1. The number of hydrogen-bond donors (Lipinski definition) is 9. The highest BCUT2D eigenvalue weighted by molar-refractivity contribution is 5.93. The summed E-state index contributed by atoms with van der Waals surface area (Å²) in [5, 5.41) is 75.8. The monoisotopic (exact) mass is 374 g/mol. The van der Waals surface area contributed by atoms with Crippen LogP contribution < -0.4 is 0 Å². The van der Waals surface area contributed by atoms with Gasteiger partial charge in [-0.25, -0.2) is 0 Å². The molecule has 0 radical (unpaired) electrons. The van der Waals surface area contributed by atoms with Crippen LogP contribution in [0.4, 0.5) is 0 Å². The lowest BCUT2D eigenvalue weighted by Crippen LogP contribution is -2.37. The number of hydrogen-bond acceptors (Lipinski definition) is 10. The topological polar surface area (TPSA) is 216 Å². The Kier molecular flexibility index (Phi) is 18.7. The van der Waals surface area contributed by atoms with Gasteiger partial charge in [-0.3, -0.25) is 9.59 Å². The maximum Gasteiger partial charge on any atom is 0.310 e. The van der Waals surface area contributed by atoms with Gasteiger partial charge in [0.05, 0.1) is 63.7 Å². The molecule has 0 spiro atoms. The van der Waals surface area contributed by atoms with Gasteiger partial charge >= 0.3 is 5.97 Å². The summed E-state index contributed by atoms with van der Waals surface area (Å²) in [6.45, 7) is -2.01. The van der Waals surface area contributed by atoms with Gasteiger partial charge in [-0.1, -0.05) is 0 Å². The molecular weight excluding hydrogens is 344 g/mol. The predicted octanol–water partition coefficient (Wildman–Crippen LogP) is -4.07. The number of aliphatic hydroxyl groups is 8. The third-order valence-electron chi connectivity index (χ3n) is 3.08. The molecule has 0 aromatic carbocycles. The molecule has 0 fully saturated rings. The molecule has 0 saturated carbocycles. The molecule has 11 heteroatoms. The fourth-order valence-corrected chi connectivity index (χ4v) is 0.813. The fourth-order valence-electron chi connectivity index (χ4n) is 0.813. The van der Waals surface area contributed by atoms with Gasteiger partial charge in [-0.2, -0.15) is 0 Å². The van der Waals surface area contributed by atoms with Gasteiger partial charge in [0, 0.05) is 0 Å². The molecule has 0 aliphatic carbocycles. The summed E-state index contributed by atoms with van der Waals surface area (Å²) in [5.74, 6) is -1.37. The van der Waals surface area contributed by atoms with Crippen molar-refractivity contribution >= 4 is 11.8 Å². The highest BCUT2D eigenvalue weighted by Gasteiger charge is 2.27. The van der Waals surface area contributed by atoms with Gasteiger partial charge < -0.3 is 46.0 Å². The van der Waals surface area contributed by atoms with Crippen LogP contribution in [0.15, 0.2) is 0 Å². The second-order valence-electron chi connectivity index (χ2n) is 5.54. The van der Waals surface area contributed by atoms with Crippen LogP contribution >= 0.6 is 0 Å². The molecular formula is C14H30O11. The van der Waals surface area contributed by atoms with Crippen molar-refractivity contribution in [1.82, 2.24) is 0 Å². The Bertz CT molecular complexity index is 271. The van der Waals surface area contributed by atoms with E-state index in [0.717, 1.165) is 0 Å². The first-order valence-electron chi connectivity index (χ1n) is 7.20. The average Bonchev–Trinajstić information content (AvgIpc) is 2.60. The number of rotatable bonds is 10. The highest BCUT2D eigenvalue weighted by atomic mass is 16.4. The maximum atomic E-state index is 9.87. The van der Waals surface area contributed by atoms with Crippen molar-refractivity contribution in [3.05, 3.63) is 0 Å². The minimum Gasteiger partial charge on any atom is -0.481 e. The first kappa shape index (κ1) is 28.6. The van der Waals surface area contributed by atoms with E-state index in [2.05, 4.69) is 0 Å². The van der Waals surface area contributed by atoms with Crippen molar-refractivity contribution in [3.8, 4) is 0 Å². The van der Waals surface area contributed by atoms with E-state index in [1.165, 1.54) is 6.92 Å². The Morgan fingerprint density at radius 2 is 0.800 bits per heavy atom. The van der Waals surface area contributed by atoms with Crippen molar-refractivity contribution in [1.29, 1.82) is 0 Å². The first-order chi connectivity index (χ1) is 11.6. The number of Topliss-reactive ketones (excluding diaryl/α,β-unsaturated/α-hetero) is 1. The highest BCUT2D eigenvalue weighted by Crippen LogP contribution is 2.12. The van der Waals surface area contributed by atoms with Crippen LogP contribution in [0.2, 0.25) is 0 Å². The van der Waals surface area contributed by atoms with E-state index in [-0.39, 0.29) is 12.2 Å². The summed E-state index contributed by atoms with van der Waals surface area (Å²) in [4.78, 5) is 19.5. The lowest BCUT2D eigenvalue weighted by atomic mass is 9.93. The van der Waals surface area contributed by atoms with Crippen LogP contribution in [0, 0.1) is 10.8 Å². The van der Waals surface area contributed by atoms with Gasteiger partial charge in [0.15, 0.2) is 0 Å². The molecule has 0 heterocycles. The molecule has 0 aliphatic rings. The van der Waals surface area contributed by atoms with Crippen molar-refractivity contribution in [2.24, 2.45) is 10.8 Å². The van der Waals surface area contributed by atoms with E-state index >= 15 is 0 Å². The third-order valence-corrected chi connectivity index (χ3v) is 3.08. The summed E-state index contributed by atoms with van der Waals surface area (Å²) >= 11 is 0. The van der Waals surface area contributed by atoms with Crippen molar-refractivity contribution in [2.75, 3.05) is 52.9 Å². The summed E-state index contributed by atoms with van der Waals surface area (Å²) in [6, 6.07) is 0. The van der Waals surface area contributed by atoms with Crippen molar-refractivity contribution in [3.63, 3.8) is 0 Å². The van der Waals surface area contributed by atoms with Gasteiger partial charge in [-0.05, 0) is 6.92 Å². The fraction of sp³-hybridized carbons (Fsp3) is 0.857. The molecule has 0 aliphatic heterocycles. The lowest BCUT2D eigenvalue weighted by molar-refractivity contribution is -0.139. The SMILES string of the molecule is CC(=O)CC(=O)O.OCC(CO)(CO)CO.OCC(CO)(CO)CO. The number of carbonyl (C=O) groups is 2. The van der Waals surface area contributed by atoms with E-state index < -0.39 is 69.7 Å². The number of aliphatic carboxylic acids is 1. The summed E-state index contributed by atoms with van der Waals surface area (Å²) in [5.41, 5.74) is -2.22. The number of carbonyl (C=O) groups excluding carboxylic acids is 1. The predicted molar refractivity (Wildman–Crippen MR) is 84.5 cm³/mol. The van der Waals surface area contributed by atoms with Crippen LogP contribution in [0.1, 0.15) is 13.3 Å². The molecule has 0 bridgehead atoms. The maximum absolute atomic E-state index is 9.87. The largest absolute Gasteiger partial charge is 0.481 e. The van der Waals surface area contributed by atoms with Crippen molar-refractivity contribution < 1.29 is 55.5 Å². The zero-order valence-electron chi connectivity index (χ0n) is 14.2. The Hall–Kier alpha value is -1.18. The van der Waals surface area contributed by atoms with Crippen LogP contribution in [0.3, 0.4) is 0 Å². The molecule has 0 unspecified atom stereocenters. The Balaban J connectivity index is -0.000000293. The minimum atomic E-state index is -1.11. The number of aliphatic hydroxyl groups excluding tert-OH is 8. The van der Waals surface area contributed by atoms with E-state index in [1.807, 2.05) is 0 Å². The second kappa shape index (κ2) is 16.3. The molecule has 0 saturated heterocycles. The normalized spacial score (nSPS) is 10.9. The smallest absolute Gasteiger partial charge is 0.310 e. The number of ketones is 1. The molecule has 0 amide bonds. The van der Waals surface area contributed by atoms with Crippen molar-refractivity contribution in [2.45, 2.75) is 13.3 Å². The van der Waals surface area contributed by atoms with E-state index in [9.17, 15) is 9.59 Å². The quantitative estimate of drug-likeness (QED) is 0.168.